The Kier molecular flexibility index (Phi) is 5.43. The highest BCUT2D eigenvalue weighted by Gasteiger charge is 2.41. The Bertz CT molecular complexity index is 901. The third-order valence-electron chi connectivity index (χ3n) is 4.24. The van der Waals surface area contributed by atoms with Gasteiger partial charge in [0.05, 0.1) is 19.2 Å². The van der Waals surface area contributed by atoms with Crippen LogP contribution in [-0.4, -0.2) is 30.9 Å². The number of halogens is 1. The quantitative estimate of drug-likeness (QED) is 0.606. The molecular weight excluding hydrogens is 370 g/mol. The van der Waals surface area contributed by atoms with Crippen LogP contribution in [0, 0.1) is 6.92 Å². The number of imide groups is 1. The Balaban J connectivity index is 1.76. The maximum absolute atomic E-state index is 12.7. The van der Waals surface area contributed by atoms with E-state index < -0.39 is 23.8 Å². The molecule has 0 aromatic heterocycles. The zero-order valence-electron chi connectivity index (χ0n) is 14.8. The van der Waals surface area contributed by atoms with E-state index in [-0.39, 0.29) is 6.42 Å². The van der Waals surface area contributed by atoms with Gasteiger partial charge in [0.1, 0.15) is 11.8 Å². The molecule has 0 unspecified atom stereocenters. The van der Waals surface area contributed by atoms with Gasteiger partial charge >= 0.3 is 0 Å². The van der Waals surface area contributed by atoms with Gasteiger partial charge < -0.3 is 4.74 Å². The predicted molar refractivity (Wildman–Crippen MR) is 101 cm³/mol. The van der Waals surface area contributed by atoms with Crippen molar-refractivity contribution < 1.29 is 19.1 Å². The molecule has 0 radical (unpaired) electrons. The van der Waals surface area contributed by atoms with Gasteiger partial charge in [0.15, 0.2) is 0 Å². The van der Waals surface area contributed by atoms with Gasteiger partial charge in [-0.1, -0.05) is 29.8 Å². The Labute approximate surface area is 161 Å². The Morgan fingerprint density at radius 1 is 1.22 bits per heavy atom. The van der Waals surface area contributed by atoms with Crippen LogP contribution in [0.5, 0.6) is 5.75 Å². The second-order valence-electron chi connectivity index (χ2n) is 6.06. The maximum atomic E-state index is 12.7. The molecule has 0 aliphatic carbocycles. The van der Waals surface area contributed by atoms with Crippen LogP contribution >= 0.6 is 11.6 Å². The summed E-state index contributed by atoms with van der Waals surface area (Å²) in [6.07, 6.45) is -0.0846. The lowest BCUT2D eigenvalue weighted by atomic mass is 10.2. The Morgan fingerprint density at radius 2 is 1.93 bits per heavy atom. The van der Waals surface area contributed by atoms with Crippen LogP contribution in [-0.2, 0) is 9.59 Å². The van der Waals surface area contributed by atoms with E-state index >= 15 is 0 Å². The van der Waals surface area contributed by atoms with Crippen molar-refractivity contribution in [1.82, 2.24) is 10.9 Å². The monoisotopic (exact) mass is 387 g/mol. The minimum atomic E-state index is -0.870. The van der Waals surface area contributed by atoms with Crippen molar-refractivity contribution in [2.45, 2.75) is 19.4 Å². The number of nitrogens with zero attached hydrogens (tertiary/aromatic N) is 1. The number of carbonyl (C=O) groups is 3. The van der Waals surface area contributed by atoms with Gasteiger partial charge in [-0.3, -0.25) is 19.8 Å². The van der Waals surface area contributed by atoms with E-state index in [1.807, 2.05) is 0 Å². The lowest BCUT2D eigenvalue weighted by molar-refractivity contribution is -0.121. The van der Waals surface area contributed by atoms with E-state index in [2.05, 4.69) is 10.9 Å². The second kappa shape index (κ2) is 7.77. The second-order valence-corrected chi connectivity index (χ2v) is 6.47. The molecule has 1 fully saturated rings. The summed E-state index contributed by atoms with van der Waals surface area (Å²) in [6, 6.07) is 10.9. The van der Waals surface area contributed by atoms with Gasteiger partial charge in [0.2, 0.25) is 5.91 Å². The molecule has 0 spiro atoms. The summed E-state index contributed by atoms with van der Waals surface area (Å²) in [5.74, 6) is -0.949. The van der Waals surface area contributed by atoms with E-state index in [4.69, 9.17) is 16.3 Å². The maximum Gasteiger partial charge on any atom is 0.265 e. The van der Waals surface area contributed by atoms with Gasteiger partial charge in [-0.15, -0.1) is 0 Å². The fraction of sp³-hybridized carbons (Fsp3) is 0.211. The van der Waals surface area contributed by atoms with Gasteiger partial charge in [0, 0.05) is 16.7 Å². The van der Waals surface area contributed by atoms with Gasteiger partial charge in [-0.2, -0.15) is 0 Å². The molecule has 8 heteroatoms. The average Bonchev–Trinajstić information content (AvgIpc) is 2.95. The fourth-order valence-corrected chi connectivity index (χ4v) is 2.95. The van der Waals surface area contributed by atoms with Crippen LogP contribution in [0.3, 0.4) is 0 Å². The predicted octanol–water partition coefficient (Wildman–Crippen LogP) is 2.22. The molecule has 1 atom stereocenters. The highest BCUT2D eigenvalue weighted by atomic mass is 35.5. The summed E-state index contributed by atoms with van der Waals surface area (Å²) in [4.78, 5) is 38.3. The molecule has 3 rings (SSSR count). The first-order valence-electron chi connectivity index (χ1n) is 8.24. The van der Waals surface area contributed by atoms with Crippen molar-refractivity contribution >= 4 is 35.0 Å². The Morgan fingerprint density at radius 3 is 2.59 bits per heavy atom. The molecule has 1 aliphatic rings. The number of amides is 3. The fourth-order valence-electron chi connectivity index (χ4n) is 2.80. The highest BCUT2D eigenvalue weighted by Crippen LogP contribution is 2.36. The molecule has 0 bridgehead atoms. The van der Waals surface area contributed by atoms with Crippen LogP contribution < -0.4 is 20.5 Å². The summed E-state index contributed by atoms with van der Waals surface area (Å²) in [5, 5.41) is 0.472. The van der Waals surface area contributed by atoms with Crippen molar-refractivity contribution in [3.8, 4) is 5.75 Å². The molecule has 3 amide bonds. The van der Waals surface area contributed by atoms with Gasteiger partial charge in [0.25, 0.3) is 11.8 Å². The number of aryl methyl sites for hydroxylation is 1. The topological polar surface area (TPSA) is 87.7 Å². The number of methoxy groups -OCH3 is 1. The van der Waals surface area contributed by atoms with Crippen molar-refractivity contribution in [3.05, 3.63) is 58.6 Å². The third-order valence-corrected chi connectivity index (χ3v) is 4.65. The number of hydrogen-bond donors (Lipinski definition) is 2. The first-order valence-corrected chi connectivity index (χ1v) is 8.62. The minimum absolute atomic E-state index is 0.0846. The molecule has 1 aliphatic heterocycles. The van der Waals surface area contributed by atoms with Crippen molar-refractivity contribution in [2.24, 2.45) is 0 Å². The van der Waals surface area contributed by atoms with E-state index in [1.54, 1.807) is 49.4 Å². The summed E-state index contributed by atoms with van der Waals surface area (Å²) in [6.45, 7) is 1.77. The molecule has 1 saturated heterocycles. The lowest BCUT2D eigenvalue weighted by Crippen LogP contribution is -2.48. The van der Waals surface area contributed by atoms with Crippen LogP contribution in [0.1, 0.15) is 22.3 Å². The number of hydrogen-bond acceptors (Lipinski definition) is 5. The molecule has 2 aromatic carbocycles. The van der Waals surface area contributed by atoms with Crippen LogP contribution in [0.2, 0.25) is 5.02 Å². The first-order chi connectivity index (χ1) is 12.9. The number of rotatable bonds is 5. The highest BCUT2D eigenvalue weighted by molar-refractivity contribution is 6.32. The molecule has 0 saturated carbocycles. The van der Waals surface area contributed by atoms with E-state index in [0.29, 0.717) is 27.6 Å². The van der Waals surface area contributed by atoms with Crippen molar-refractivity contribution in [2.75, 3.05) is 12.0 Å². The number of ether oxygens (including phenoxy) is 1. The van der Waals surface area contributed by atoms with Crippen molar-refractivity contribution in [1.29, 1.82) is 0 Å². The number of nitrogens with one attached hydrogen (secondary N) is 2. The number of hydrazine groups is 1. The van der Waals surface area contributed by atoms with Gasteiger partial charge in [-0.25, -0.2) is 10.3 Å². The number of anilines is 1. The molecule has 7 nitrogen and oxygen atoms in total. The van der Waals surface area contributed by atoms with Crippen molar-refractivity contribution in [3.63, 3.8) is 0 Å². The molecular formula is C19H18ClN3O4. The summed E-state index contributed by atoms with van der Waals surface area (Å²) in [7, 11) is 1.44. The zero-order valence-corrected chi connectivity index (χ0v) is 15.5. The number of carbonyl (C=O) groups excluding carboxylic acids is 3. The smallest absolute Gasteiger partial charge is 0.265 e. The standard InChI is InChI=1S/C19H18ClN3O4/c1-11-8-15(16(27-2)9-13(11)20)23-17(24)10-14(19(23)26)21-22-18(25)12-6-4-3-5-7-12/h3-9,14,21H,10H2,1-2H3,(H,22,25)/t14-/m0/s1. The molecule has 140 valence electrons. The number of benzene rings is 2. The lowest BCUT2D eigenvalue weighted by Gasteiger charge is -2.19. The minimum Gasteiger partial charge on any atom is -0.495 e. The van der Waals surface area contributed by atoms with Gasteiger partial charge in [-0.05, 0) is 30.7 Å². The zero-order chi connectivity index (χ0) is 19.6. The molecule has 2 N–H and O–H groups in total. The van der Waals surface area contributed by atoms with Crippen LogP contribution in [0.25, 0.3) is 0 Å². The SMILES string of the molecule is COc1cc(Cl)c(C)cc1N1C(=O)C[C@H](NNC(=O)c2ccccc2)C1=O. The average molecular weight is 388 g/mol. The first kappa shape index (κ1) is 18.9. The summed E-state index contributed by atoms with van der Waals surface area (Å²) < 4.78 is 5.26. The third kappa shape index (κ3) is 3.79. The largest absolute Gasteiger partial charge is 0.495 e. The molecule has 2 aromatic rings. The van der Waals surface area contributed by atoms with Crippen LogP contribution in [0.15, 0.2) is 42.5 Å². The van der Waals surface area contributed by atoms with E-state index in [9.17, 15) is 14.4 Å². The van der Waals surface area contributed by atoms with Crippen LogP contribution in [0.4, 0.5) is 5.69 Å². The van der Waals surface area contributed by atoms with E-state index in [1.165, 1.54) is 7.11 Å². The Hall–Kier alpha value is -2.90. The molecule has 27 heavy (non-hydrogen) atoms. The normalized spacial score (nSPS) is 16.6. The summed E-state index contributed by atoms with van der Waals surface area (Å²) in [5.41, 5.74) is 6.59. The molecule has 1 heterocycles. The van der Waals surface area contributed by atoms with E-state index in [0.717, 1.165) is 4.90 Å². The summed E-state index contributed by atoms with van der Waals surface area (Å²) >= 11 is 6.09.